The topological polar surface area (TPSA) is 91.3 Å². The van der Waals surface area contributed by atoms with Gasteiger partial charge in [0.1, 0.15) is 31.0 Å². The second-order valence-corrected chi connectivity index (χ2v) is 8.04. The monoisotopic (exact) mass is 370 g/mol. The highest BCUT2D eigenvalue weighted by Gasteiger charge is 2.56. The Bertz CT molecular complexity index is 648. The van der Waals surface area contributed by atoms with E-state index < -0.39 is 52.4 Å². The van der Waals surface area contributed by atoms with Gasteiger partial charge in [0.2, 0.25) is 0 Å². The molecule has 0 aliphatic carbocycles. The van der Waals surface area contributed by atoms with Crippen molar-refractivity contribution in [3.63, 3.8) is 0 Å². The summed E-state index contributed by atoms with van der Waals surface area (Å²) >= 11 is 0. The predicted molar refractivity (Wildman–Crippen MR) is 88.0 cm³/mol. The molecule has 6 atom stereocenters. The highest BCUT2D eigenvalue weighted by Crippen LogP contribution is 2.39. The van der Waals surface area contributed by atoms with Gasteiger partial charge in [-0.3, -0.25) is 9.00 Å². The minimum atomic E-state index is -1.62. The molecule has 2 aliphatic rings. The molecule has 3 rings (SSSR count). The Labute approximate surface area is 148 Å². The van der Waals surface area contributed by atoms with Crippen LogP contribution in [0.2, 0.25) is 0 Å². The molecule has 0 spiro atoms. The number of fused-ring (bicyclic) bond motifs is 1. The molecule has 0 radical (unpaired) electrons. The first-order valence-electron chi connectivity index (χ1n) is 8.06. The van der Waals surface area contributed by atoms with Gasteiger partial charge in [0.25, 0.3) is 0 Å². The molecule has 138 valence electrons. The molecule has 0 saturated carbocycles. The number of carbonyl (C=O) groups is 1. The van der Waals surface area contributed by atoms with Crippen LogP contribution in [-0.2, 0) is 34.5 Å². The first kappa shape index (κ1) is 18.5. The van der Waals surface area contributed by atoms with Crippen LogP contribution in [0.4, 0.5) is 0 Å². The van der Waals surface area contributed by atoms with Gasteiger partial charge in [-0.25, -0.2) is 0 Å². The third kappa shape index (κ3) is 3.93. The van der Waals surface area contributed by atoms with Crippen LogP contribution in [0.25, 0.3) is 0 Å². The van der Waals surface area contributed by atoms with E-state index in [0.29, 0.717) is 4.90 Å². The van der Waals surface area contributed by atoms with Crippen molar-refractivity contribution in [3.8, 4) is 0 Å². The van der Waals surface area contributed by atoms with Crippen molar-refractivity contribution in [1.29, 1.82) is 0 Å². The Hall–Kier alpha value is -1.32. The zero-order chi connectivity index (χ0) is 18.2. The summed E-state index contributed by atoms with van der Waals surface area (Å²) in [5.41, 5.74) is -1.01. The van der Waals surface area contributed by atoms with Crippen LogP contribution < -0.4 is 0 Å². The van der Waals surface area contributed by atoms with Crippen LogP contribution in [0.5, 0.6) is 0 Å². The molecular weight excluding hydrogens is 348 g/mol. The minimum absolute atomic E-state index is 0.0643. The lowest BCUT2D eigenvalue weighted by Crippen LogP contribution is -2.58. The summed E-state index contributed by atoms with van der Waals surface area (Å²) in [6, 6.07) is 8.75. The number of benzene rings is 1. The molecule has 1 aromatic rings. The van der Waals surface area contributed by atoms with Crippen LogP contribution >= 0.6 is 0 Å². The summed E-state index contributed by atoms with van der Waals surface area (Å²) in [7, 11) is -1.62. The van der Waals surface area contributed by atoms with Gasteiger partial charge in [-0.15, -0.1) is 0 Å². The zero-order valence-electron chi connectivity index (χ0n) is 14.3. The van der Waals surface area contributed by atoms with Gasteiger partial charge in [0, 0.05) is 11.8 Å². The highest BCUT2D eigenvalue weighted by atomic mass is 32.2. The lowest BCUT2D eigenvalue weighted by atomic mass is 10.0. The van der Waals surface area contributed by atoms with Crippen LogP contribution in [0.3, 0.4) is 0 Å². The maximum absolute atomic E-state index is 12.9. The fourth-order valence-corrected chi connectivity index (χ4v) is 4.40. The summed E-state index contributed by atoms with van der Waals surface area (Å²) in [5.74, 6) is -1.37. The summed E-state index contributed by atoms with van der Waals surface area (Å²) < 4.78 is 35.3. The number of ether oxygens (including phenoxy) is 4. The van der Waals surface area contributed by atoms with Gasteiger partial charge in [-0.05, 0) is 26.0 Å². The maximum Gasteiger partial charge on any atom is 0.302 e. The van der Waals surface area contributed by atoms with Crippen molar-refractivity contribution in [3.05, 3.63) is 30.3 Å². The number of aliphatic hydroxyl groups excluding tert-OH is 1. The molecule has 1 N–H and O–H groups in total. The van der Waals surface area contributed by atoms with Crippen LogP contribution in [0.15, 0.2) is 35.2 Å². The molecule has 7 nitrogen and oxygen atoms in total. The van der Waals surface area contributed by atoms with E-state index in [1.807, 2.05) is 6.07 Å². The average molecular weight is 370 g/mol. The van der Waals surface area contributed by atoms with Gasteiger partial charge in [0.05, 0.1) is 10.8 Å². The number of hydrogen-bond donors (Lipinski definition) is 1. The van der Waals surface area contributed by atoms with Crippen LogP contribution in [0, 0.1) is 0 Å². The van der Waals surface area contributed by atoms with E-state index in [2.05, 4.69) is 0 Å². The third-order valence-electron chi connectivity index (χ3n) is 4.09. The van der Waals surface area contributed by atoms with Gasteiger partial charge in [0.15, 0.2) is 11.2 Å². The van der Waals surface area contributed by atoms with Gasteiger partial charge in [-0.1, -0.05) is 18.2 Å². The van der Waals surface area contributed by atoms with Crippen molar-refractivity contribution in [1.82, 2.24) is 0 Å². The molecule has 25 heavy (non-hydrogen) atoms. The molecule has 0 amide bonds. The number of rotatable bonds is 4. The second-order valence-electron chi connectivity index (χ2n) is 6.51. The van der Waals surface area contributed by atoms with Gasteiger partial charge in [-0.2, -0.15) is 0 Å². The molecule has 1 unspecified atom stereocenters. The first-order chi connectivity index (χ1) is 11.8. The van der Waals surface area contributed by atoms with E-state index >= 15 is 0 Å². The van der Waals surface area contributed by atoms with Crippen LogP contribution in [0.1, 0.15) is 20.8 Å². The highest BCUT2D eigenvalue weighted by molar-refractivity contribution is 7.85. The Morgan fingerprint density at radius 3 is 2.52 bits per heavy atom. The number of aliphatic hydroxyl groups is 1. The SMILES string of the molecule is CC(=O)OC[C@H]1O[C@@H](S(=O)c2ccccc2)[C@H](O)[C@H]2OC(C)(C)O[C@H]21. The van der Waals surface area contributed by atoms with E-state index in [1.54, 1.807) is 38.1 Å². The largest absolute Gasteiger partial charge is 0.463 e. The molecule has 1 aromatic carbocycles. The zero-order valence-corrected chi connectivity index (χ0v) is 15.1. The summed E-state index contributed by atoms with van der Waals surface area (Å²) in [6.07, 6.45) is -3.16. The molecule has 0 bridgehead atoms. The van der Waals surface area contributed by atoms with Gasteiger partial charge < -0.3 is 24.1 Å². The maximum atomic E-state index is 12.9. The molecule has 8 heteroatoms. The lowest BCUT2D eigenvalue weighted by Gasteiger charge is -2.39. The quantitative estimate of drug-likeness (QED) is 0.790. The second kappa shape index (κ2) is 7.13. The molecule has 2 heterocycles. The first-order valence-corrected chi connectivity index (χ1v) is 9.28. The lowest BCUT2D eigenvalue weighted by molar-refractivity contribution is -0.180. The van der Waals surface area contributed by atoms with Crippen molar-refractivity contribution >= 4 is 16.8 Å². The van der Waals surface area contributed by atoms with E-state index in [-0.39, 0.29) is 6.61 Å². The Balaban J connectivity index is 1.85. The van der Waals surface area contributed by atoms with E-state index in [0.717, 1.165) is 0 Å². The molecule has 2 fully saturated rings. The van der Waals surface area contributed by atoms with E-state index in [1.165, 1.54) is 6.92 Å². The van der Waals surface area contributed by atoms with Crippen molar-refractivity contribution in [2.75, 3.05) is 6.61 Å². The fraction of sp³-hybridized carbons (Fsp3) is 0.588. The van der Waals surface area contributed by atoms with Crippen molar-refractivity contribution < 1.29 is 33.1 Å². The summed E-state index contributed by atoms with van der Waals surface area (Å²) in [5, 5.41) is 10.7. The standard InChI is InChI=1S/C17H22O7S/c1-10(18)21-9-12-14-15(24-17(2,3)23-14)13(19)16(22-12)25(20)11-7-5-4-6-8-11/h4-8,12-16,19H,9H2,1-3H3/t12-,13-,14+,15-,16+,25?/m1/s1. The molecule has 0 aromatic heterocycles. The number of carbonyl (C=O) groups excluding carboxylic acids is 1. The molecule has 2 saturated heterocycles. The molecule has 2 aliphatic heterocycles. The predicted octanol–water partition coefficient (Wildman–Crippen LogP) is 0.963. The fourth-order valence-electron chi connectivity index (χ4n) is 3.05. The van der Waals surface area contributed by atoms with Crippen molar-refractivity contribution in [2.24, 2.45) is 0 Å². The smallest absolute Gasteiger partial charge is 0.302 e. The normalized spacial score (nSPS) is 35.0. The third-order valence-corrected chi connectivity index (χ3v) is 5.64. The Morgan fingerprint density at radius 1 is 1.24 bits per heavy atom. The van der Waals surface area contributed by atoms with E-state index in [9.17, 15) is 14.1 Å². The van der Waals surface area contributed by atoms with Gasteiger partial charge >= 0.3 is 5.97 Å². The minimum Gasteiger partial charge on any atom is -0.463 e. The molecular formula is C17H22O7S. The van der Waals surface area contributed by atoms with Crippen molar-refractivity contribution in [2.45, 2.75) is 61.3 Å². The van der Waals surface area contributed by atoms with E-state index in [4.69, 9.17) is 18.9 Å². The Morgan fingerprint density at radius 2 is 1.88 bits per heavy atom. The number of esters is 1. The Kier molecular flexibility index (Phi) is 5.26. The number of hydrogen-bond acceptors (Lipinski definition) is 7. The van der Waals surface area contributed by atoms with Crippen LogP contribution in [-0.4, -0.2) is 57.5 Å². The summed E-state index contributed by atoms with van der Waals surface area (Å²) in [6.45, 7) is 4.68. The average Bonchev–Trinajstić information content (AvgIpc) is 2.90. The summed E-state index contributed by atoms with van der Waals surface area (Å²) in [4.78, 5) is 11.7.